The number of carbonyl (C=O) groups excluding carboxylic acids is 1. The van der Waals surface area contributed by atoms with E-state index in [1.54, 1.807) is 36.5 Å². The molecule has 0 saturated heterocycles. The molecular weight excluding hydrogens is 282 g/mol. The van der Waals surface area contributed by atoms with Crippen LogP contribution in [-0.2, 0) is 0 Å². The summed E-state index contributed by atoms with van der Waals surface area (Å²) in [7, 11) is 0. The van der Waals surface area contributed by atoms with Crippen molar-refractivity contribution >= 4 is 16.9 Å². The first-order valence-electron chi connectivity index (χ1n) is 6.76. The van der Waals surface area contributed by atoms with Gasteiger partial charge < -0.3 is 14.2 Å². The average molecular weight is 293 g/mol. The molecule has 0 atom stereocenters. The summed E-state index contributed by atoms with van der Waals surface area (Å²) in [5, 5.41) is 0.915. The highest BCUT2D eigenvalue weighted by Crippen LogP contribution is 2.32. The van der Waals surface area contributed by atoms with Gasteiger partial charge in [-0.25, -0.2) is 4.79 Å². The van der Waals surface area contributed by atoms with Gasteiger partial charge in [-0.05, 0) is 42.5 Å². The van der Waals surface area contributed by atoms with Crippen LogP contribution in [0.4, 0.5) is 0 Å². The van der Waals surface area contributed by atoms with Crippen LogP contribution >= 0.6 is 0 Å². The van der Waals surface area contributed by atoms with Crippen molar-refractivity contribution in [3.05, 3.63) is 60.3 Å². The molecule has 0 bridgehead atoms. The van der Waals surface area contributed by atoms with Gasteiger partial charge >= 0.3 is 5.97 Å². The number of nitrogens with zero attached hydrogens (tertiary/aromatic N) is 1. The first kappa shape index (κ1) is 12.6. The summed E-state index contributed by atoms with van der Waals surface area (Å²) < 4.78 is 15.9. The molecule has 0 fully saturated rings. The number of hydrogen-bond acceptors (Lipinski definition) is 5. The van der Waals surface area contributed by atoms with Gasteiger partial charge in [-0.15, -0.1) is 0 Å². The number of hydrogen-bond donors (Lipinski definition) is 0. The van der Waals surface area contributed by atoms with E-state index in [-0.39, 0.29) is 6.79 Å². The van der Waals surface area contributed by atoms with Crippen LogP contribution < -0.4 is 14.2 Å². The molecule has 4 rings (SSSR count). The summed E-state index contributed by atoms with van der Waals surface area (Å²) in [5.41, 5.74) is 1.26. The Labute approximate surface area is 126 Å². The van der Waals surface area contributed by atoms with Crippen LogP contribution in [0.25, 0.3) is 10.9 Å². The summed E-state index contributed by atoms with van der Waals surface area (Å²) in [6.07, 6.45) is 1.72. The Kier molecular flexibility index (Phi) is 2.89. The maximum Gasteiger partial charge on any atom is 0.343 e. The van der Waals surface area contributed by atoms with Crippen molar-refractivity contribution in [1.82, 2.24) is 4.98 Å². The molecule has 2 heterocycles. The van der Waals surface area contributed by atoms with Crippen molar-refractivity contribution in [2.75, 3.05) is 6.79 Å². The Morgan fingerprint density at radius 2 is 1.95 bits per heavy atom. The van der Waals surface area contributed by atoms with Crippen molar-refractivity contribution in [2.24, 2.45) is 0 Å². The Hall–Kier alpha value is -3.08. The topological polar surface area (TPSA) is 57.7 Å². The Morgan fingerprint density at radius 3 is 2.91 bits per heavy atom. The quantitative estimate of drug-likeness (QED) is 0.536. The van der Waals surface area contributed by atoms with Gasteiger partial charge in [0, 0.05) is 11.6 Å². The molecule has 0 unspecified atom stereocenters. The van der Waals surface area contributed by atoms with Crippen molar-refractivity contribution < 1.29 is 19.0 Å². The molecule has 22 heavy (non-hydrogen) atoms. The van der Waals surface area contributed by atoms with Gasteiger partial charge in [0.2, 0.25) is 6.79 Å². The Bertz CT molecular complexity index is 875. The van der Waals surface area contributed by atoms with Gasteiger partial charge in [0.25, 0.3) is 0 Å². The Balaban J connectivity index is 1.60. The van der Waals surface area contributed by atoms with Crippen molar-refractivity contribution in [1.29, 1.82) is 0 Å². The minimum absolute atomic E-state index is 0.172. The smallest absolute Gasteiger partial charge is 0.343 e. The standard InChI is InChI=1S/C17H11NO4/c19-17(12-3-6-15-16(9-12)21-10-20-15)22-13-4-5-14-11(8-13)2-1-7-18-14/h1-9H,10H2. The number of ether oxygens (including phenoxy) is 3. The van der Waals surface area contributed by atoms with E-state index in [1.165, 1.54) is 0 Å². The van der Waals surface area contributed by atoms with Crippen LogP contribution in [0.2, 0.25) is 0 Å². The van der Waals surface area contributed by atoms with E-state index in [9.17, 15) is 4.79 Å². The second-order valence-electron chi connectivity index (χ2n) is 4.82. The van der Waals surface area contributed by atoms with Crippen molar-refractivity contribution in [3.63, 3.8) is 0 Å². The van der Waals surface area contributed by atoms with Gasteiger partial charge in [-0.1, -0.05) is 6.07 Å². The fourth-order valence-electron chi connectivity index (χ4n) is 2.31. The monoisotopic (exact) mass is 293 g/mol. The highest BCUT2D eigenvalue weighted by molar-refractivity contribution is 5.92. The normalized spacial score (nSPS) is 12.4. The third-order valence-corrected chi connectivity index (χ3v) is 3.39. The predicted molar refractivity (Wildman–Crippen MR) is 79.3 cm³/mol. The maximum atomic E-state index is 12.2. The SMILES string of the molecule is O=C(Oc1ccc2ncccc2c1)c1ccc2c(c1)OCO2. The molecule has 1 aromatic heterocycles. The molecule has 0 spiro atoms. The zero-order valence-electron chi connectivity index (χ0n) is 11.5. The van der Waals surface area contributed by atoms with Crippen molar-refractivity contribution in [2.45, 2.75) is 0 Å². The van der Waals surface area contributed by atoms with Crippen LogP contribution in [0, 0.1) is 0 Å². The summed E-state index contributed by atoms with van der Waals surface area (Å²) in [6, 6.07) is 14.0. The molecule has 1 aliphatic rings. The summed E-state index contributed by atoms with van der Waals surface area (Å²) in [6.45, 7) is 0.172. The third kappa shape index (κ3) is 2.22. The van der Waals surface area contributed by atoms with Crippen LogP contribution in [0.5, 0.6) is 17.2 Å². The van der Waals surface area contributed by atoms with Gasteiger partial charge in [-0.2, -0.15) is 0 Å². The van der Waals surface area contributed by atoms with E-state index in [1.807, 2.05) is 18.2 Å². The predicted octanol–water partition coefficient (Wildman–Crippen LogP) is 3.18. The number of benzene rings is 2. The molecule has 0 radical (unpaired) electrons. The minimum atomic E-state index is -0.443. The molecule has 5 heteroatoms. The van der Waals surface area contributed by atoms with E-state index in [0.29, 0.717) is 22.8 Å². The average Bonchev–Trinajstić information content (AvgIpc) is 3.02. The van der Waals surface area contributed by atoms with Gasteiger partial charge in [-0.3, -0.25) is 4.98 Å². The zero-order chi connectivity index (χ0) is 14.9. The van der Waals surface area contributed by atoms with E-state index in [2.05, 4.69) is 4.98 Å². The fraction of sp³-hybridized carbons (Fsp3) is 0.0588. The molecule has 0 aliphatic carbocycles. The van der Waals surface area contributed by atoms with Crippen LogP contribution in [0.15, 0.2) is 54.7 Å². The van der Waals surface area contributed by atoms with E-state index < -0.39 is 5.97 Å². The van der Waals surface area contributed by atoms with E-state index in [0.717, 1.165) is 10.9 Å². The highest BCUT2D eigenvalue weighted by Gasteiger charge is 2.17. The lowest BCUT2D eigenvalue weighted by Crippen LogP contribution is -2.08. The highest BCUT2D eigenvalue weighted by atomic mass is 16.7. The molecule has 5 nitrogen and oxygen atoms in total. The maximum absolute atomic E-state index is 12.2. The molecular formula is C17H11NO4. The lowest BCUT2D eigenvalue weighted by molar-refractivity contribution is 0.0734. The van der Waals surface area contributed by atoms with Crippen LogP contribution in [-0.4, -0.2) is 17.7 Å². The lowest BCUT2D eigenvalue weighted by atomic mass is 10.2. The molecule has 0 saturated carbocycles. The number of rotatable bonds is 2. The summed E-state index contributed by atoms with van der Waals surface area (Å²) in [4.78, 5) is 16.4. The summed E-state index contributed by atoms with van der Waals surface area (Å²) in [5.74, 6) is 1.22. The third-order valence-electron chi connectivity index (χ3n) is 3.39. The molecule has 0 N–H and O–H groups in total. The molecule has 108 valence electrons. The number of carbonyl (C=O) groups is 1. The fourth-order valence-corrected chi connectivity index (χ4v) is 2.31. The number of pyridine rings is 1. The zero-order valence-corrected chi connectivity index (χ0v) is 11.5. The van der Waals surface area contributed by atoms with Gasteiger partial charge in [0.15, 0.2) is 11.5 Å². The van der Waals surface area contributed by atoms with Gasteiger partial charge in [0.1, 0.15) is 5.75 Å². The van der Waals surface area contributed by atoms with Crippen molar-refractivity contribution in [3.8, 4) is 17.2 Å². The largest absolute Gasteiger partial charge is 0.454 e. The molecule has 3 aromatic rings. The molecule has 2 aromatic carbocycles. The second-order valence-corrected chi connectivity index (χ2v) is 4.82. The Morgan fingerprint density at radius 1 is 1.05 bits per heavy atom. The summed E-state index contributed by atoms with van der Waals surface area (Å²) >= 11 is 0. The first-order chi connectivity index (χ1) is 10.8. The first-order valence-corrected chi connectivity index (χ1v) is 6.76. The molecule has 0 amide bonds. The van der Waals surface area contributed by atoms with E-state index >= 15 is 0 Å². The van der Waals surface area contributed by atoms with Crippen LogP contribution in [0.1, 0.15) is 10.4 Å². The minimum Gasteiger partial charge on any atom is -0.454 e. The second kappa shape index (κ2) is 5.04. The number of fused-ring (bicyclic) bond motifs is 2. The van der Waals surface area contributed by atoms with Gasteiger partial charge in [0.05, 0.1) is 11.1 Å². The molecule has 1 aliphatic heterocycles. The van der Waals surface area contributed by atoms with Crippen LogP contribution in [0.3, 0.4) is 0 Å². The van der Waals surface area contributed by atoms with E-state index in [4.69, 9.17) is 14.2 Å². The number of esters is 1. The lowest BCUT2D eigenvalue weighted by Gasteiger charge is -2.06. The number of aromatic nitrogens is 1.